The van der Waals surface area contributed by atoms with Crippen LogP contribution in [0.2, 0.25) is 0 Å². The molecule has 0 radical (unpaired) electrons. The molecular formula is C16H27N3OS. The maximum Gasteiger partial charge on any atom is 0.187 e. The zero-order valence-electron chi connectivity index (χ0n) is 13.2. The molecule has 4 aliphatic rings. The van der Waals surface area contributed by atoms with Crippen molar-refractivity contribution >= 4 is 23.0 Å². The summed E-state index contributed by atoms with van der Waals surface area (Å²) in [5.74, 6) is 2.86. The van der Waals surface area contributed by atoms with E-state index in [1.165, 1.54) is 44.2 Å². The summed E-state index contributed by atoms with van der Waals surface area (Å²) in [7, 11) is 1.69. The molecular weight excluding hydrogens is 282 g/mol. The van der Waals surface area contributed by atoms with Crippen LogP contribution in [0.4, 0.5) is 0 Å². The Kier molecular flexibility index (Phi) is 4.50. The highest BCUT2D eigenvalue weighted by molar-refractivity contribution is 7.80. The molecule has 21 heavy (non-hydrogen) atoms. The molecule has 4 bridgehead atoms. The van der Waals surface area contributed by atoms with E-state index in [4.69, 9.17) is 17.0 Å². The van der Waals surface area contributed by atoms with Gasteiger partial charge in [0.15, 0.2) is 5.11 Å². The molecule has 4 aliphatic carbocycles. The predicted octanol–water partition coefficient (Wildman–Crippen LogP) is 2.69. The van der Waals surface area contributed by atoms with Crippen LogP contribution in [0, 0.1) is 23.2 Å². The molecule has 0 heterocycles. The van der Waals surface area contributed by atoms with Gasteiger partial charge in [0.25, 0.3) is 0 Å². The molecule has 0 amide bonds. The number of nitrogens with one attached hydrogen (secondary N) is 2. The summed E-state index contributed by atoms with van der Waals surface area (Å²) in [6, 6.07) is 0. The van der Waals surface area contributed by atoms with Crippen LogP contribution in [0.1, 0.15) is 45.4 Å². The zero-order chi connectivity index (χ0) is 14.9. The summed E-state index contributed by atoms with van der Waals surface area (Å²) in [5.41, 5.74) is 4.65. The third-order valence-electron chi connectivity index (χ3n) is 5.72. The molecule has 0 atom stereocenters. The van der Waals surface area contributed by atoms with Gasteiger partial charge in [-0.2, -0.15) is 5.10 Å². The average molecular weight is 309 g/mol. The lowest BCUT2D eigenvalue weighted by Crippen LogP contribution is -2.50. The molecule has 0 unspecified atom stereocenters. The number of methoxy groups -OCH3 is 1. The molecule has 0 aliphatic heterocycles. The van der Waals surface area contributed by atoms with E-state index in [2.05, 4.69) is 22.8 Å². The molecule has 4 fully saturated rings. The molecule has 118 valence electrons. The van der Waals surface area contributed by atoms with Crippen LogP contribution in [-0.4, -0.2) is 31.1 Å². The first-order valence-corrected chi connectivity index (χ1v) is 8.59. The number of hydrogen-bond donors (Lipinski definition) is 2. The normalized spacial score (nSPS) is 37.6. The van der Waals surface area contributed by atoms with Crippen molar-refractivity contribution in [2.24, 2.45) is 28.3 Å². The van der Waals surface area contributed by atoms with Crippen LogP contribution in [0.15, 0.2) is 5.10 Å². The highest BCUT2D eigenvalue weighted by atomic mass is 32.1. The number of thiocarbonyl (C=S) groups is 1. The van der Waals surface area contributed by atoms with Crippen molar-refractivity contribution < 1.29 is 4.74 Å². The molecule has 5 heteroatoms. The summed E-state index contributed by atoms with van der Waals surface area (Å²) >= 11 is 5.24. The summed E-state index contributed by atoms with van der Waals surface area (Å²) in [5, 5.41) is 8.31. The lowest BCUT2D eigenvalue weighted by Gasteiger charge is -2.56. The molecule has 0 aromatic heterocycles. The van der Waals surface area contributed by atoms with Crippen molar-refractivity contribution in [1.82, 2.24) is 10.7 Å². The van der Waals surface area contributed by atoms with Crippen molar-refractivity contribution in [3.63, 3.8) is 0 Å². The Hall–Kier alpha value is -0.680. The van der Waals surface area contributed by atoms with E-state index in [-0.39, 0.29) is 0 Å². The van der Waals surface area contributed by atoms with Crippen molar-refractivity contribution in [2.45, 2.75) is 45.4 Å². The zero-order valence-corrected chi connectivity index (χ0v) is 14.0. The Labute approximate surface area is 133 Å². The number of hydrazone groups is 1. The van der Waals surface area contributed by atoms with Crippen LogP contribution in [-0.2, 0) is 4.74 Å². The fourth-order valence-corrected chi connectivity index (χ4v) is 5.26. The smallest absolute Gasteiger partial charge is 0.187 e. The molecule has 4 saturated carbocycles. The molecule has 2 N–H and O–H groups in total. The largest absolute Gasteiger partial charge is 0.383 e. The Balaban J connectivity index is 1.58. The number of nitrogens with zero attached hydrogens (tertiary/aromatic N) is 1. The van der Waals surface area contributed by atoms with E-state index in [1.54, 1.807) is 7.11 Å². The van der Waals surface area contributed by atoms with Crippen molar-refractivity contribution in [1.29, 1.82) is 0 Å². The first kappa shape index (κ1) is 15.2. The minimum atomic E-state index is 0.365. The van der Waals surface area contributed by atoms with Gasteiger partial charge in [0.1, 0.15) is 0 Å². The molecule has 0 aromatic carbocycles. The van der Waals surface area contributed by atoms with Gasteiger partial charge in [0, 0.05) is 24.8 Å². The summed E-state index contributed by atoms with van der Waals surface area (Å²) in [4.78, 5) is 0. The summed E-state index contributed by atoms with van der Waals surface area (Å²) in [6.45, 7) is 3.56. The molecule has 0 saturated heterocycles. The van der Waals surface area contributed by atoms with Gasteiger partial charge >= 0.3 is 0 Å². The van der Waals surface area contributed by atoms with E-state index in [1.807, 2.05) is 0 Å². The number of rotatable bonds is 5. The molecule has 0 spiro atoms. The molecule has 4 nitrogen and oxygen atoms in total. The lowest BCUT2D eigenvalue weighted by atomic mass is 9.48. The quantitative estimate of drug-likeness (QED) is 0.355. The topological polar surface area (TPSA) is 45.6 Å². The number of hydrogen-bond acceptors (Lipinski definition) is 3. The Morgan fingerprint density at radius 3 is 2.29 bits per heavy atom. The van der Waals surface area contributed by atoms with Crippen molar-refractivity contribution in [2.75, 3.05) is 20.3 Å². The standard InChI is InChI=1S/C16H27N3OS/c1-11(18-19-15(21)17-3-4-20-2)16-8-12-5-13(9-16)7-14(6-12)10-16/h12-14H,3-10H2,1-2H3,(H2,17,19,21)/b18-11-. The van der Waals surface area contributed by atoms with E-state index in [0.717, 1.165) is 17.8 Å². The average Bonchev–Trinajstić information content (AvgIpc) is 2.43. The summed E-state index contributed by atoms with van der Waals surface area (Å²) < 4.78 is 5.00. The fourth-order valence-electron chi connectivity index (χ4n) is 5.11. The SMILES string of the molecule is COCCNC(=S)N/N=C(/C)C12CC3CC(CC(C3)C1)C2. The van der Waals surface area contributed by atoms with Gasteiger partial charge in [-0.25, -0.2) is 0 Å². The van der Waals surface area contributed by atoms with Crippen LogP contribution in [0.5, 0.6) is 0 Å². The fraction of sp³-hybridized carbons (Fsp3) is 0.875. The second kappa shape index (κ2) is 6.21. The van der Waals surface area contributed by atoms with Crippen LogP contribution >= 0.6 is 12.2 Å². The van der Waals surface area contributed by atoms with E-state index in [0.29, 0.717) is 23.7 Å². The van der Waals surface area contributed by atoms with Crippen LogP contribution < -0.4 is 10.7 Å². The van der Waals surface area contributed by atoms with Gasteiger partial charge in [0.05, 0.1) is 6.61 Å². The van der Waals surface area contributed by atoms with Gasteiger partial charge in [-0.3, -0.25) is 5.43 Å². The van der Waals surface area contributed by atoms with Gasteiger partial charge in [-0.05, 0) is 75.4 Å². The van der Waals surface area contributed by atoms with E-state index >= 15 is 0 Å². The lowest BCUT2D eigenvalue weighted by molar-refractivity contribution is -0.0128. The molecule has 0 aromatic rings. The van der Waals surface area contributed by atoms with Gasteiger partial charge in [0.2, 0.25) is 0 Å². The van der Waals surface area contributed by atoms with Gasteiger partial charge in [-0.15, -0.1) is 0 Å². The van der Waals surface area contributed by atoms with Crippen molar-refractivity contribution in [3.8, 4) is 0 Å². The summed E-state index contributed by atoms with van der Waals surface area (Å²) in [6.07, 6.45) is 8.45. The monoisotopic (exact) mass is 309 g/mol. The second-order valence-electron chi connectivity index (χ2n) is 7.26. The Bertz CT molecular complexity index is 400. The maximum atomic E-state index is 5.24. The van der Waals surface area contributed by atoms with E-state index in [9.17, 15) is 0 Å². The number of ether oxygens (including phenoxy) is 1. The minimum absolute atomic E-state index is 0.365. The Morgan fingerprint density at radius 2 is 1.76 bits per heavy atom. The predicted molar refractivity (Wildman–Crippen MR) is 89.3 cm³/mol. The Morgan fingerprint density at radius 1 is 1.19 bits per heavy atom. The second-order valence-corrected chi connectivity index (χ2v) is 7.66. The highest BCUT2D eigenvalue weighted by Crippen LogP contribution is 2.60. The van der Waals surface area contributed by atoms with Crippen LogP contribution in [0.25, 0.3) is 0 Å². The first-order valence-electron chi connectivity index (χ1n) is 8.19. The van der Waals surface area contributed by atoms with Crippen molar-refractivity contribution in [3.05, 3.63) is 0 Å². The third kappa shape index (κ3) is 3.24. The van der Waals surface area contributed by atoms with Gasteiger partial charge in [-0.1, -0.05) is 0 Å². The molecule has 4 rings (SSSR count). The third-order valence-corrected chi connectivity index (χ3v) is 5.96. The van der Waals surface area contributed by atoms with E-state index < -0.39 is 0 Å². The minimum Gasteiger partial charge on any atom is -0.383 e. The first-order chi connectivity index (χ1) is 10.1. The van der Waals surface area contributed by atoms with Crippen LogP contribution in [0.3, 0.4) is 0 Å². The van der Waals surface area contributed by atoms with Gasteiger partial charge < -0.3 is 10.1 Å². The maximum absolute atomic E-state index is 5.24. The highest BCUT2D eigenvalue weighted by Gasteiger charge is 2.52.